The van der Waals surface area contributed by atoms with Crippen LogP contribution in [0.15, 0.2) is 18.7 Å². The van der Waals surface area contributed by atoms with Crippen LogP contribution in [0.4, 0.5) is 0 Å². The van der Waals surface area contributed by atoms with Crippen molar-refractivity contribution >= 4 is 0 Å². The van der Waals surface area contributed by atoms with Crippen LogP contribution in [0, 0.1) is 11.8 Å². The van der Waals surface area contributed by atoms with E-state index in [2.05, 4.69) is 22.7 Å². The van der Waals surface area contributed by atoms with Crippen molar-refractivity contribution in [1.29, 1.82) is 0 Å². The molecule has 19 heavy (non-hydrogen) atoms. The van der Waals surface area contributed by atoms with Crippen molar-refractivity contribution in [3.63, 3.8) is 0 Å². The van der Waals surface area contributed by atoms with E-state index in [1.54, 1.807) is 0 Å². The van der Waals surface area contributed by atoms with Crippen LogP contribution in [-0.4, -0.2) is 9.55 Å². The first-order chi connectivity index (χ1) is 9.38. The van der Waals surface area contributed by atoms with Crippen LogP contribution >= 0.6 is 0 Å². The van der Waals surface area contributed by atoms with E-state index in [1.165, 1.54) is 70.8 Å². The molecule has 108 valence electrons. The van der Waals surface area contributed by atoms with Gasteiger partial charge in [-0.3, -0.25) is 0 Å². The number of aromatic nitrogens is 2. The summed E-state index contributed by atoms with van der Waals surface area (Å²) in [6.07, 6.45) is 20.4. The molecule has 0 amide bonds. The summed E-state index contributed by atoms with van der Waals surface area (Å²) >= 11 is 0. The molecule has 1 heterocycles. The highest BCUT2D eigenvalue weighted by Gasteiger charge is 2.16. The molecule has 2 rings (SSSR count). The van der Waals surface area contributed by atoms with Gasteiger partial charge in [-0.25, -0.2) is 4.98 Å². The van der Waals surface area contributed by atoms with Crippen LogP contribution in [0.3, 0.4) is 0 Å². The van der Waals surface area contributed by atoms with Crippen LogP contribution in [0.5, 0.6) is 0 Å². The van der Waals surface area contributed by atoms with Crippen molar-refractivity contribution in [2.45, 2.75) is 77.7 Å². The van der Waals surface area contributed by atoms with Gasteiger partial charge in [0, 0.05) is 18.9 Å². The Morgan fingerprint density at radius 3 is 2.74 bits per heavy atom. The Kier molecular flexibility index (Phi) is 6.46. The minimum absolute atomic E-state index is 0.857. The maximum absolute atomic E-state index is 4.17. The van der Waals surface area contributed by atoms with Crippen LogP contribution < -0.4 is 0 Å². The molecule has 0 aliphatic heterocycles. The monoisotopic (exact) mass is 262 g/mol. The second kappa shape index (κ2) is 8.39. The maximum Gasteiger partial charge on any atom is 0.0945 e. The first-order valence-corrected chi connectivity index (χ1v) is 8.34. The topological polar surface area (TPSA) is 17.8 Å². The van der Waals surface area contributed by atoms with Crippen LogP contribution in [0.25, 0.3) is 0 Å². The molecule has 1 aliphatic rings. The Morgan fingerprint density at radius 2 is 2.05 bits per heavy atom. The zero-order valence-electron chi connectivity index (χ0n) is 12.6. The Hall–Kier alpha value is -0.790. The molecule has 0 aromatic carbocycles. The molecule has 1 fully saturated rings. The van der Waals surface area contributed by atoms with Gasteiger partial charge in [-0.05, 0) is 24.7 Å². The van der Waals surface area contributed by atoms with Gasteiger partial charge in [0.1, 0.15) is 0 Å². The number of unbranched alkanes of at least 4 members (excludes halogenated alkanes) is 1. The van der Waals surface area contributed by atoms with Crippen LogP contribution in [-0.2, 0) is 6.54 Å². The van der Waals surface area contributed by atoms with Gasteiger partial charge >= 0.3 is 0 Å². The van der Waals surface area contributed by atoms with Crippen molar-refractivity contribution in [2.24, 2.45) is 11.8 Å². The van der Waals surface area contributed by atoms with Gasteiger partial charge in [0.2, 0.25) is 0 Å². The fourth-order valence-corrected chi connectivity index (χ4v) is 3.46. The number of hydrogen-bond acceptors (Lipinski definition) is 1. The van der Waals surface area contributed by atoms with Crippen molar-refractivity contribution in [3.05, 3.63) is 18.7 Å². The third-order valence-electron chi connectivity index (χ3n) is 4.70. The maximum atomic E-state index is 4.17. The summed E-state index contributed by atoms with van der Waals surface area (Å²) in [5.74, 6) is 1.89. The molecule has 1 saturated carbocycles. The lowest BCUT2D eigenvalue weighted by Gasteiger charge is -2.24. The number of nitrogens with zero attached hydrogens (tertiary/aromatic N) is 2. The summed E-state index contributed by atoms with van der Waals surface area (Å²) in [5.41, 5.74) is 0. The molecular weight excluding hydrogens is 232 g/mol. The van der Waals surface area contributed by atoms with E-state index in [0.29, 0.717) is 0 Å². The van der Waals surface area contributed by atoms with Crippen LogP contribution in [0.1, 0.15) is 71.1 Å². The molecule has 1 aromatic rings. The van der Waals surface area contributed by atoms with Gasteiger partial charge in [-0.1, -0.05) is 58.3 Å². The first-order valence-electron chi connectivity index (χ1n) is 8.34. The fourth-order valence-electron chi connectivity index (χ4n) is 3.46. The van der Waals surface area contributed by atoms with E-state index in [0.717, 1.165) is 11.8 Å². The standard InChI is InChI=1S/C17H30N2/c1-2-3-7-17(14-19-13-12-18-15-19)11-10-16-8-5-4-6-9-16/h12-13,15-17H,2-11,14H2,1H3. The minimum Gasteiger partial charge on any atom is -0.337 e. The lowest BCUT2D eigenvalue weighted by Crippen LogP contribution is -2.13. The molecule has 1 aromatic heterocycles. The van der Waals surface area contributed by atoms with Crippen LogP contribution in [0.2, 0.25) is 0 Å². The van der Waals surface area contributed by atoms with E-state index < -0.39 is 0 Å². The lowest BCUT2D eigenvalue weighted by atomic mass is 9.83. The van der Waals surface area contributed by atoms with Gasteiger partial charge in [-0.2, -0.15) is 0 Å². The molecule has 1 aliphatic carbocycles. The zero-order chi connectivity index (χ0) is 13.3. The summed E-state index contributed by atoms with van der Waals surface area (Å²) in [7, 11) is 0. The summed E-state index contributed by atoms with van der Waals surface area (Å²) in [4.78, 5) is 4.17. The van der Waals surface area contributed by atoms with Gasteiger partial charge in [0.05, 0.1) is 6.33 Å². The molecule has 0 saturated heterocycles. The number of hydrogen-bond donors (Lipinski definition) is 0. The van der Waals surface area contributed by atoms with Gasteiger partial charge in [0.15, 0.2) is 0 Å². The highest BCUT2D eigenvalue weighted by atomic mass is 15.0. The molecule has 0 spiro atoms. The fraction of sp³-hybridized carbons (Fsp3) is 0.824. The molecule has 0 N–H and O–H groups in total. The van der Waals surface area contributed by atoms with E-state index >= 15 is 0 Å². The summed E-state index contributed by atoms with van der Waals surface area (Å²) in [5, 5.41) is 0. The summed E-state index contributed by atoms with van der Waals surface area (Å²) in [6, 6.07) is 0. The smallest absolute Gasteiger partial charge is 0.0945 e. The normalized spacial score (nSPS) is 18.6. The Balaban J connectivity index is 1.75. The molecule has 1 atom stereocenters. The van der Waals surface area contributed by atoms with Crippen molar-refractivity contribution in [3.8, 4) is 0 Å². The predicted octanol–water partition coefficient (Wildman–Crippen LogP) is 5.05. The van der Waals surface area contributed by atoms with Crippen molar-refractivity contribution < 1.29 is 0 Å². The predicted molar refractivity (Wildman–Crippen MR) is 81.1 cm³/mol. The molecule has 0 bridgehead atoms. The van der Waals surface area contributed by atoms with Gasteiger partial charge in [0.25, 0.3) is 0 Å². The van der Waals surface area contributed by atoms with Gasteiger partial charge < -0.3 is 4.57 Å². The molecule has 1 unspecified atom stereocenters. The third kappa shape index (κ3) is 5.38. The highest BCUT2D eigenvalue weighted by Crippen LogP contribution is 2.30. The Bertz CT molecular complexity index is 312. The highest BCUT2D eigenvalue weighted by molar-refractivity contribution is 4.76. The van der Waals surface area contributed by atoms with E-state index in [1.807, 2.05) is 12.5 Å². The first kappa shape index (κ1) is 14.6. The zero-order valence-corrected chi connectivity index (χ0v) is 12.6. The van der Waals surface area contributed by atoms with Gasteiger partial charge in [-0.15, -0.1) is 0 Å². The van der Waals surface area contributed by atoms with Crippen molar-refractivity contribution in [1.82, 2.24) is 9.55 Å². The van der Waals surface area contributed by atoms with E-state index in [4.69, 9.17) is 0 Å². The second-order valence-corrected chi connectivity index (χ2v) is 6.35. The number of rotatable bonds is 8. The molecular formula is C17H30N2. The summed E-state index contributed by atoms with van der Waals surface area (Å²) in [6.45, 7) is 3.47. The Morgan fingerprint density at radius 1 is 1.21 bits per heavy atom. The quantitative estimate of drug-likeness (QED) is 0.641. The average molecular weight is 262 g/mol. The molecule has 2 nitrogen and oxygen atoms in total. The molecule has 2 heteroatoms. The van der Waals surface area contributed by atoms with E-state index in [9.17, 15) is 0 Å². The van der Waals surface area contributed by atoms with Crippen molar-refractivity contribution in [2.75, 3.05) is 0 Å². The Labute approximate surface area is 118 Å². The largest absolute Gasteiger partial charge is 0.337 e. The second-order valence-electron chi connectivity index (χ2n) is 6.35. The van der Waals surface area contributed by atoms with E-state index in [-0.39, 0.29) is 0 Å². The SMILES string of the molecule is CCCCC(CCC1CCCCC1)Cn1ccnc1. The average Bonchev–Trinajstić information content (AvgIpc) is 2.96. The minimum atomic E-state index is 0.857. The third-order valence-corrected chi connectivity index (χ3v) is 4.70. The molecule has 0 radical (unpaired) electrons. The lowest BCUT2D eigenvalue weighted by molar-refractivity contribution is 0.285. The summed E-state index contributed by atoms with van der Waals surface area (Å²) < 4.78 is 2.27. The number of imidazole rings is 1.